The molecule has 5 aromatic carbocycles. The van der Waals surface area contributed by atoms with Crippen LogP contribution >= 0.6 is 0 Å². The van der Waals surface area contributed by atoms with E-state index < -0.39 is 0 Å². The standard InChI is InChI=1S/C39H35N3/c1-5-29-19-21-30(22-20-29)28(4)41-39(27(3)38(40)33-16-10-9-13-26(33)2)31-23-24-35-34-17-11-12-18-36(34)42(37(35)25-31)32-14-7-6-8-15-32/h6-25H,4-5,40H2,1-3H3/b38-27-,41-39?. The van der Waals surface area contributed by atoms with Crippen LogP contribution in [-0.4, -0.2) is 10.3 Å². The molecule has 0 amide bonds. The zero-order chi connectivity index (χ0) is 29.2. The van der Waals surface area contributed by atoms with Crippen LogP contribution in [0, 0.1) is 6.92 Å². The van der Waals surface area contributed by atoms with Crippen molar-refractivity contribution in [1.29, 1.82) is 0 Å². The number of nitrogens with two attached hydrogens (primary N) is 1. The first-order chi connectivity index (χ1) is 20.5. The van der Waals surface area contributed by atoms with Gasteiger partial charge in [-0.1, -0.05) is 111 Å². The van der Waals surface area contributed by atoms with E-state index in [1.165, 1.54) is 21.9 Å². The molecule has 42 heavy (non-hydrogen) atoms. The minimum atomic E-state index is 0.702. The molecule has 0 aliphatic heterocycles. The third kappa shape index (κ3) is 4.95. The molecule has 0 bridgehead atoms. The normalized spacial score (nSPS) is 12.5. The van der Waals surface area contributed by atoms with E-state index in [9.17, 15) is 0 Å². The second kappa shape index (κ2) is 11.4. The van der Waals surface area contributed by atoms with Crippen LogP contribution in [0.2, 0.25) is 0 Å². The van der Waals surface area contributed by atoms with Crippen LogP contribution < -0.4 is 5.73 Å². The Morgan fingerprint density at radius 1 is 0.738 bits per heavy atom. The molecule has 0 aliphatic carbocycles. The average molecular weight is 546 g/mol. The van der Waals surface area contributed by atoms with E-state index in [1.807, 2.05) is 12.1 Å². The smallest absolute Gasteiger partial charge is 0.0759 e. The van der Waals surface area contributed by atoms with Crippen molar-refractivity contribution in [3.63, 3.8) is 0 Å². The fourth-order valence-electron chi connectivity index (χ4n) is 5.68. The lowest BCUT2D eigenvalue weighted by Crippen LogP contribution is -2.11. The number of rotatable bonds is 7. The van der Waals surface area contributed by atoms with Gasteiger partial charge >= 0.3 is 0 Å². The van der Waals surface area contributed by atoms with Gasteiger partial charge in [-0.05, 0) is 66.8 Å². The van der Waals surface area contributed by atoms with Gasteiger partial charge in [0.15, 0.2) is 0 Å². The van der Waals surface area contributed by atoms with Crippen molar-refractivity contribution in [3.8, 4) is 5.69 Å². The van der Waals surface area contributed by atoms with Gasteiger partial charge in [-0.15, -0.1) is 0 Å². The van der Waals surface area contributed by atoms with E-state index in [2.05, 4.69) is 141 Å². The number of para-hydroxylation sites is 2. The minimum absolute atomic E-state index is 0.702. The maximum absolute atomic E-state index is 6.89. The van der Waals surface area contributed by atoms with Gasteiger partial charge in [-0.3, -0.25) is 0 Å². The number of benzene rings is 5. The van der Waals surface area contributed by atoms with Gasteiger partial charge in [0.2, 0.25) is 0 Å². The Bertz CT molecular complexity index is 1990. The fourth-order valence-corrected chi connectivity index (χ4v) is 5.68. The Morgan fingerprint density at radius 2 is 1.38 bits per heavy atom. The van der Waals surface area contributed by atoms with E-state index in [0.29, 0.717) is 11.4 Å². The van der Waals surface area contributed by atoms with Gasteiger partial charge in [0.05, 0.1) is 22.4 Å². The molecule has 2 N–H and O–H groups in total. The van der Waals surface area contributed by atoms with Crippen LogP contribution in [0.25, 0.3) is 38.9 Å². The first-order valence-electron chi connectivity index (χ1n) is 14.4. The molecule has 6 aromatic rings. The average Bonchev–Trinajstić information content (AvgIpc) is 3.37. The Kier molecular flexibility index (Phi) is 7.33. The van der Waals surface area contributed by atoms with Crippen molar-refractivity contribution in [1.82, 2.24) is 4.57 Å². The Labute approximate surface area is 248 Å². The number of aliphatic imine (C=N–C) groups is 1. The van der Waals surface area contributed by atoms with Crippen molar-refractivity contribution in [2.24, 2.45) is 10.7 Å². The Hall–Kier alpha value is -5.15. The summed E-state index contributed by atoms with van der Waals surface area (Å²) in [6.45, 7) is 10.7. The van der Waals surface area contributed by atoms with E-state index >= 15 is 0 Å². The van der Waals surface area contributed by atoms with Crippen molar-refractivity contribution in [2.45, 2.75) is 27.2 Å². The molecule has 0 aliphatic rings. The Morgan fingerprint density at radius 3 is 2.12 bits per heavy atom. The molecule has 0 unspecified atom stereocenters. The maximum Gasteiger partial charge on any atom is 0.0759 e. The fraction of sp³-hybridized carbons (Fsp3) is 0.103. The highest BCUT2D eigenvalue weighted by atomic mass is 15.0. The lowest BCUT2D eigenvalue weighted by Gasteiger charge is -2.15. The molecular formula is C39H35N3. The summed E-state index contributed by atoms with van der Waals surface area (Å²) in [5, 5.41) is 2.41. The van der Waals surface area contributed by atoms with Gasteiger partial charge in [0, 0.05) is 33.3 Å². The number of allylic oxidation sites excluding steroid dienone is 1. The highest BCUT2D eigenvalue weighted by Crippen LogP contribution is 2.34. The molecule has 6 rings (SSSR count). The molecule has 1 aromatic heterocycles. The number of nitrogens with zero attached hydrogens (tertiary/aromatic N) is 2. The molecule has 0 spiro atoms. The second-order valence-electron chi connectivity index (χ2n) is 10.7. The summed E-state index contributed by atoms with van der Waals surface area (Å²) in [5.74, 6) is 0. The third-order valence-electron chi connectivity index (χ3n) is 8.10. The number of aryl methyl sites for hydroxylation is 2. The van der Waals surface area contributed by atoms with Crippen LogP contribution in [0.4, 0.5) is 0 Å². The van der Waals surface area contributed by atoms with Crippen molar-refractivity contribution >= 4 is 38.9 Å². The number of fused-ring (bicyclic) bond motifs is 3. The minimum Gasteiger partial charge on any atom is -0.398 e. The molecule has 0 radical (unpaired) electrons. The van der Waals surface area contributed by atoms with E-state index in [-0.39, 0.29) is 0 Å². The lowest BCUT2D eigenvalue weighted by atomic mass is 9.95. The quantitative estimate of drug-likeness (QED) is 0.199. The molecular weight excluding hydrogens is 510 g/mol. The predicted molar refractivity (Wildman–Crippen MR) is 180 cm³/mol. The van der Waals surface area contributed by atoms with Gasteiger partial charge in [-0.2, -0.15) is 0 Å². The molecule has 0 atom stereocenters. The molecule has 206 valence electrons. The first kappa shape index (κ1) is 27.0. The molecule has 3 nitrogen and oxygen atoms in total. The zero-order valence-corrected chi connectivity index (χ0v) is 24.4. The summed E-state index contributed by atoms with van der Waals surface area (Å²) in [6.07, 6.45) is 0.992. The Balaban J connectivity index is 1.59. The third-order valence-corrected chi connectivity index (χ3v) is 8.10. The lowest BCUT2D eigenvalue weighted by molar-refractivity contribution is 1.14. The van der Waals surface area contributed by atoms with Crippen LogP contribution in [-0.2, 0) is 6.42 Å². The molecule has 0 saturated heterocycles. The van der Waals surface area contributed by atoms with Crippen LogP contribution in [0.3, 0.4) is 0 Å². The zero-order valence-electron chi connectivity index (χ0n) is 24.4. The number of hydrogen-bond acceptors (Lipinski definition) is 2. The molecule has 0 saturated carbocycles. The maximum atomic E-state index is 6.89. The summed E-state index contributed by atoms with van der Waals surface area (Å²) in [5.41, 5.74) is 18.8. The second-order valence-corrected chi connectivity index (χ2v) is 10.7. The summed E-state index contributed by atoms with van der Waals surface area (Å²) >= 11 is 0. The highest BCUT2D eigenvalue weighted by Gasteiger charge is 2.17. The van der Waals surface area contributed by atoms with E-state index in [0.717, 1.165) is 51.2 Å². The van der Waals surface area contributed by atoms with Crippen LogP contribution in [0.5, 0.6) is 0 Å². The number of hydrogen-bond donors (Lipinski definition) is 1. The van der Waals surface area contributed by atoms with Crippen molar-refractivity contribution in [2.75, 3.05) is 0 Å². The van der Waals surface area contributed by atoms with Gasteiger partial charge in [0.25, 0.3) is 0 Å². The molecule has 1 heterocycles. The first-order valence-corrected chi connectivity index (χ1v) is 14.4. The molecule has 0 fully saturated rings. The van der Waals surface area contributed by atoms with Crippen molar-refractivity contribution in [3.05, 3.63) is 161 Å². The highest BCUT2D eigenvalue weighted by molar-refractivity contribution is 6.20. The van der Waals surface area contributed by atoms with Gasteiger partial charge in [0.1, 0.15) is 0 Å². The predicted octanol–water partition coefficient (Wildman–Crippen LogP) is 9.50. The van der Waals surface area contributed by atoms with Gasteiger partial charge in [-0.25, -0.2) is 4.99 Å². The van der Waals surface area contributed by atoms with Gasteiger partial charge < -0.3 is 10.3 Å². The summed E-state index contributed by atoms with van der Waals surface area (Å²) in [4.78, 5) is 5.19. The summed E-state index contributed by atoms with van der Waals surface area (Å²) in [7, 11) is 0. The summed E-state index contributed by atoms with van der Waals surface area (Å²) in [6, 6.07) is 42.4. The monoisotopic (exact) mass is 545 g/mol. The van der Waals surface area contributed by atoms with Crippen molar-refractivity contribution < 1.29 is 0 Å². The summed E-state index contributed by atoms with van der Waals surface area (Å²) < 4.78 is 2.33. The molecule has 3 heteroatoms. The topological polar surface area (TPSA) is 43.3 Å². The largest absolute Gasteiger partial charge is 0.398 e. The van der Waals surface area contributed by atoms with Crippen LogP contribution in [0.1, 0.15) is 41.7 Å². The SMILES string of the molecule is C=C(N=C(/C(C)=C(\N)c1ccccc1C)c1ccc2c3ccccc3n(-c3ccccc3)c2c1)c1ccc(CC)cc1. The number of aromatic nitrogens is 1. The van der Waals surface area contributed by atoms with Crippen LogP contribution in [0.15, 0.2) is 138 Å². The van der Waals surface area contributed by atoms with E-state index in [1.54, 1.807) is 0 Å². The van der Waals surface area contributed by atoms with E-state index in [4.69, 9.17) is 10.7 Å².